The molecule has 4 nitrogen and oxygen atoms in total. The fraction of sp³-hybridized carbons (Fsp3) is 0.125. The van der Waals surface area contributed by atoms with E-state index < -0.39 is 5.97 Å². The number of carboxylic acids is 1. The highest BCUT2D eigenvalue weighted by Gasteiger charge is 2.02. The first-order valence-electron chi connectivity index (χ1n) is 6.23. The molecule has 102 valence electrons. The van der Waals surface area contributed by atoms with Crippen LogP contribution in [0.1, 0.15) is 28.4 Å². The molecule has 2 aromatic carbocycles. The maximum absolute atomic E-state index is 10.9. The lowest BCUT2D eigenvalue weighted by atomic mass is 10.0. The Morgan fingerprint density at radius 1 is 0.950 bits per heavy atom. The average Bonchev–Trinajstić information content (AvgIpc) is 2.41. The van der Waals surface area contributed by atoms with Crippen LogP contribution in [-0.4, -0.2) is 17.0 Å². The van der Waals surface area contributed by atoms with Gasteiger partial charge in [0.15, 0.2) is 0 Å². The Morgan fingerprint density at radius 2 is 1.45 bits per heavy atom. The largest absolute Gasteiger partial charge is 0.478 e. The minimum atomic E-state index is -0.920. The van der Waals surface area contributed by atoms with Gasteiger partial charge in [0.05, 0.1) is 5.56 Å². The second-order valence-electron chi connectivity index (χ2n) is 4.56. The van der Waals surface area contributed by atoms with Crippen molar-refractivity contribution in [2.24, 2.45) is 0 Å². The molecule has 2 aromatic rings. The van der Waals surface area contributed by atoms with Gasteiger partial charge in [-0.25, -0.2) is 4.79 Å². The van der Waals surface area contributed by atoms with Gasteiger partial charge in [-0.3, -0.25) is 4.79 Å². The topological polar surface area (TPSA) is 66.4 Å². The van der Waals surface area contributed by atoms with Gasteiger partial charge in [-0.1, -0.05) is 24.3 Å². The van der Waals surface area contributed by atoms with E-state index >= 15 is 0 Å². The first kappa shape index (κ1) is 13.8. The van der Waals surface area contributed by atoms with Gasteiger partial charge in [-0.2, -0.15) is 0 Å². The van der Waals surface area contributed by atoms with E-state index in [0.717, 1.165) is 23.2 Å². The summed E-state index contributed by atoms with van der Waals surface area (Å²) >= 11 is 0. The van der Waals surface area contributed by atoms with Crippen LogP contribution in [0.15, 0.2) is 48.5 Å². The van der Waals surface area contributed by atoms with Crippen molar-refractivity contribution in [3.63, 3.8) is 0 Å². The summed E-state index contributed by atoms with van der Waals surface area (Å²) in [6.07, 6.45) is 0.722. The molecule has 0 aliphatic carbocycles. The number of aromatic carboxylic acids is 1. The van der Waals surface area contributed by atoms with Crippen LogP contribution in [0.5, 0.6) is 0 Å². The summed E-state index contributed by atoms with van der Waals surface area (Å²) in [5.41, 5.74) is 3.20. The van der Waals surface area contributed by atoms with E-state index in [1.807, 2.05) is 36.4 Å². The van der Waals surface area contributed by atoms with Crippen molar-refractivity contribution in [3.05, 3.63) is 65.2 Å². The summed E-state index contributed by atoms with van der Waals surface area (Å²) in [7, 11) is 0. The fourth-order valence-electron chi connectivity index (χ4n) is 1.91. The molecule has 4 heteroatoms. The van der Waals surface area contributed by atoms with Gasteiger partial charge in [0.25, 0.3) is 0 Å². The van der Waals surface area contributed by atoms with Crippen molar-refractivity contribution < 1.29 is 14.7 Å². The number of anilines is 1. The number of carboxylic acid groups (broad SMARTS) is 1. The van der Waals surface area contributed by atoms with Crippen LogP contribution < -0.4 is 5.32 Å². The molecule has 2 rings (SSSR count). The Balaban J connectivity index is 2.06. The summed E-state index contributed by atoms with van der Waals surface area (Å²) in [4.78, 5) is 21.7. The van der Waals surface area contributed by atoms with E-state index in [-0.39, 0.29) is 11.5 Å². The Morgan fingerprint density at radius 3 is 1.90 bits per heavy atom. The van der Waals surface area contributed by atoms with Crippen molar-refractivity contribution in [2.75, 3.05) is 5.32 Å². The highest BCUT2D eigenvalue weighted by molar-refractivity contribution is 5.88. The van der Waals surface area contributed by atoms with Crippen LogP contribution in [0.2, 0.25) is 0 Å². The molecule has 0 spiro atoms. The van der Waals surface area contributed by atoms with Crippen LogP contribution in [0, 0.1) is 0 Å². The molecule has 0 aromatic heterocycles. The fourth-order valence-corrected chi connectivity index (χ4v) is 1.91. The number of benzene rings is 2. The van der Waals surface area contributed by atoms with Crippen molar-refractivity contribution in [1.82, 2.24) is 0 Å². The summed E-state index contributed by atoms with van der Waals surface area (Å²) in [5, 5.41) is 11.5. The standard InChI is InChI=1S/C16H15NO3/c1-11(18)17-15-8-4-13(5-9-15)10-12-2-6-14(7-3-12)16(19)20/h2-9H,10H2,1H3,(H,17,18)(H,19,20). The van der Waals surface area contributed by atoms with Crippen LogP contribution >= 0.6 is 0 Å². The van der Waals surface area contributed by atoms with Gasteiger partial charge in [-0.05, 0) is 41.8 Å². The maximum atomic E-state index is 10.9. The summed E-state index contributed by atoms with van der Waals surface area (Å²) < 4.78 is 0. The molecule has 0 bridgehead atoms. The van der Waals surface area contributed by atoms with E-state index in [9.17, 15) is 9.59 Å². The van der Waals surface area contributed by atoms with Crippen LogP contribution in [0.4, 0.5) is 5.69 Å². The summed E-state index contributed by atoms with van der Waals surface area (Å²) in [6, 6.07) is 14.4. The number of carbonyl (C=O) groups is 2. The average molecular weight is 269 g/mol. The molecular weight excluding hydrogens is 254 g/mol. The molecular formula is C16H15NO3. The molecule has 0 aliphatic heterocycles. The smallest absolute Gasteiger partial charge is 0.335 e. The Kier molecular flexibility index (Phi) is 4.15. The summed E-state index contributed by atoms with van der Waals surface area (Å²) in [5.74, 6) is -1.02. The molecule has 0 fully saturated rings. The highest BCUT2D eigenvalue weighted by atomic mass is 16.4. The van der Waals surface area contributed by atoms with Gasteiger partial charge >= 0.3 is 5.97 Å². The minimum absolute atomic E-state index is 0.0954. The Labute approximate surface area is 117 Å². The van der Waals surface area contributed by atoms with Crippen LogP contribution in [-0.2, 0) is 11.2 Å². The van der Waals surface area contributed by atoms with Gasteiger partial charge < -0.3 is 10.4 Å². The molecule has 0 heterocycles. The van der Waals surface area contributed by atoms with Crippen molar-refractivity contribution in [2.45, 2.75) is 13.3 Å². The third-order valence-corrected chi connectivity index (χ3v) is 2.88. The molecule has 20 heavy (non-hydrogen) atoms. The lowest BCUT2D eigenvalue weighted by Crippen LogP contribution is -2.05. The third kappa shape index (κ3) is 3.68. The molecule has 0 saturated carbocycles. The quantitative estimate of drug-likeness (QED) is 0.896. The first-order chi connectivity index (χ1) is 9.54. The first-order valence-corrected chi connectivity index (χ1v) is 6.23. The Bertz CT molecular complexity index is 615. The number of nitrogens with one attached hydrogen (secondary N) is 1. The number of rotatable bonds is 4. The van der Waals surface area contributed by atoms with E-state index in [1.165, 1.54) is 6.92 Å². The van der Waals surface area contributed by atoms with E-state index in [2.05, 4.69) is 5.32 Å². The third-order valence-electron chi connectivity index (χ3n) is 2.88. The second-order valence-corrected chi connectivity index (χ2v) is 4.56. The Hall–Kier alpha value is -2.62. The molecule has 0 radical (unpaired) electrons. The van der Waals surface area contributed by atoms with E-state index in [4.69, 9.17) is 5.11 Å². The highest BCUT2D eigenvalue weighted by Crippen LogP contribution is 2.14. The molecule has 2 N–H and O–H groups in total. The number of hydrogen-bond acceptors (Lipinski definition) is 2. The predicted octanol–water partition coefficient (Wildman–Crippen LogP) is 2.93. The molecule has 1 amide bonds. The lowest BCUT2D eigenvalue weighted by Gasteiger charge is -2.05. The predicted molar refractivity (Wildman–Crippen MR) is 77.0 cm³/mol. The summed E-state index contributed by atoms with van der Waals surface area (Å²) in [6.45, 7) is 1.47. The van der Waals surface area contributed by atoms with Crippen LogP contribution in [0.3, 0.4) is 0 Å². The zero-order valence-corrected chi connectivity index (χ0v) is 11.1. The number of amides is 1. The zero-order valence-electron chi connectivity index (χ0n) is 11.1. The van der Waals surface area contributed by atoms with Crippen molar-refractivity contribution in [3.8, 4) is 0 Å². The minimum Gasteiger partial charge on any atom is -0.478 e. The number of hydrogen-bond donors (Lipinski definition) is 2. The molecule has 0 saturated heterocycles. The second kappa shape index (κ2) is 6.02. The van der Waals surface area contributed by atoms with E-state index in [0.29, 0.717) is 0 Å². The van der Waals surface area contributed by atoms with Gasteiger partial charge in [0.1, 0.15) is 0 Å². The molecule has 0 aliphatic rings. The molecule has 0 atom stereocenters. The zero-order chi connectivity index (χ0) is 14.5. The van der Waals surface area contributed by atoms with Gasteiger partial charge in [-0.15, -0.1) is 0 Å². The molecule has 0 unspecified atom stereocenters. The lowest BCUT2D eigenvalue weighted by molar-refractivity contribution is -0.114. The normalized spacial score (nSPS) is 10.1. The SMILES string of the molecule is CC(=O)Nc1ccc(Cc2ccc(C(=O)O)cc2)cc1. The van der Waals surface area contributed by atoms with Gasteiger partial charge in [0, 0.05) is 12.6 Å². The van der Waals surface area contributed by atoms with Crippen molar-refractivity contribution >= 4 is 17.6 Å². The maximum Gasteiger partial charge on any atom is 0.335 e. The van der Waals surface area contributed by atoms with Gasteiger partial charge in [0.2, 0.25) is 5.91 Å². The van der Waals surface area contributed by atoms with Crippen molar-refractivity contribution in [1.29, 1.82) is 0 Å². The van der Waals surface area contributed by atoms with Crippen LogP contribution in [0.25, 0.3) is 0 Å². The monoisotopic (exact) mass is 269 g/mol. The number of carbonyl (C=O) groups excluding carboxylic acids is 1. The van der Waals surface area contributed by atoms with E-state index in [1.54, 1.807) is 12.1 Å².